The number of amides is 1. The van der Waals surface area contributed by atoms with Gasteiger partial charge >= 0.3 is 0 Å². The van der Waals surface area contributed by atoms with Crippen LogP contribution in [0.3, 0.4) is 0 Å². The van der Waals surface area contributed by atoms with Gasteiger partial charge in [-0.2, -0.15) is 0 Å². The predicted molar refractivity (Wildman–Crippen MR) is 243 cm³/mol. The van der Waals surface area contributed by atoms with E-state index < -0.39 is 20.9 Å². The zero-order valence-corrected chi connectivity index (χ0v) is 36.3. The standard InChI is InChI=1S/C46H51ClN6O5S2/c1-33-12-13-34(2)52(33)25-24-39(32-59-41-9-4-3-5-10-41)48-44-23-22-42(30-45(44)53(55)56)60(57,58)49-46(54)36-16-20-40(21-17-36)51-28-26-50(27-29-51)31-37-8-6-7-11-43(37)35-14-18-38(47)19-15-35/h3-11,14-23,30,33-34,39,48H,12-13,24-29,31-32H2,1-2H3,(H,49,54)/t33?,34?,39-/m1/s1. The monoisotopic (exact) mass is 866 g/mol. The van der Waals surface area contributed by atoms with Gasteiger partial charge in [0.15, 0.2) is 0 Å². The van der Waals surface area contributed by atoms with Gasteiger partial charge in [-0.3, -0.25) is 24.7 Å². The van der Waals surface area contributed by atoms with Crippen LogP contribution >= 0.6 is 23.4 Å². The van der Waals surface area contributed by atoms with E-state index >= 15 is 0 Å². The minimum absolute atomic E-state index is 0.133. The van der Waals surface area contributed by atoms with E-state index in [1.807, 2.05) is 72.8 Å². The van der Waals surface area contributed by atoms with Crippen LogP contribution in [0.2, 0.25) is 5.02 Å². The second-order valence-corrected chi connectivity index (χ2v) is 18.8. The number of nitrogens with zero attached hydrogens (tertiary/aromatic N) is 4. The maximum absolute atomic E-state index is 13.5. The smallest absolute Gasteiger partial charge is 0.293 e. The van der Waals surface area contributed by atoms with Crippen molar-refractivity contribution in [2.45, 2.75) is 67.6 Å². The van der Waals surface area contributed by atoms with Crippen molar-refractivity contribution < 1.29 is 18.1 Å². The van der Waals surface area contributed by atoms with Crippen molar-refractivity contribution in [2.75, 3.05) is 48.7 Å². The molecule has 0 aliphatic carbocycles. The van der Waals surface area contributed by atoms with Crippen LogP contribution in [0.5, 0.6) is 0 Å². The number of nitro groups is 1. The molecule has 5 aromatic carbocycles. The van der Waals surface area contributed by atoms with Gasteiger partial charge in [0.25, 0.3) is 21.6 Å². The number of anilines is 2. The molecule has 2 unspecified atom stereocenters. The maximum Gasteiger partial charge on any atom is 0.293 e. The highest BCUT2D eigenvalue weighted by Gasteiger charge is 2.29. The number of carbonyl (C=O) groups excluding carboxylic acids is 1. The van der Waals surface area contributed by atoms with Crippen LogP contribution in [0.1, 0.15) is 49.0 Å². The van der Waals surface area contributed by atoms with E-state index in [9.17, 15) is 23.3 Å². The predicted octanol–water partition coefficient (Wildman–Crippen LogP) is 9.19. The van der Waals surface area contributed by atoms with Crippen LogP contribution in [0.15, 0.2) is 131 Å². The van der Waals surface area contributed by atoms with Crippen molar-refractivity contribution in [2.24, 2.45) is 0 Å². The Morgan fingerprint density at radius 3 is 2.22 bits per heavy atom. The topological polar surface area (TPSA) is 128 Å². The molecule has 3 atom stereocenters. The Bertz CT molecular complexity index is 2350. The largest absolute Gasteiger partial charge is 0.376 e. The molecule has 0 radical (unpaired) electrons. The van der Waals surface area contributed by atoms with Gasteiger partial charge in [-0.15, -0.1) is 11.8 Å². The molecule has 0 bridgehead atoms. The average molecular weight is 868 g/mol. The van der Waals surface area contributed by atoms with Crippen LogP contribution in [0.4, 0.5) is 17.1 Å². The van der Waals surface area contributed by atoms with Crippen molar-refractivity contribution in [3.63, 3.8) is 0 Å². The van der Waals surface area contributed by atoms with Crippen LogP contribution in [0.25, 0.3) is 11.1 Å². The van der Waals surface area contributed by atoms with E-state index in [0.717, 1.165) is 80.7 Å². The molecule has 0 saturated carbocycles. The number of carbonyl (C=O) groups is 1. The van der Waals surface area contributed by atoms with Crippen LogP contribution < -0.4 is 14.9 Å². The Balaban J connectivity index is 0.965. The zero-order chi connectivity index (χ0) is 42.2. The third-order valence-corrected chi connectivity index (χ3v) is 14.3. The van der Waals surface area contributed by atoms with Crippen molar-refractivity contribution in [3.8, 4) is 11.1 Å². The lowest BCUT2D eigenvalue weighted by atomic mass is 9.99. The number of thioether (sulfide) groups is 1. The highest BCUT2D eigenvalue weighted by Crippen LogP contribution is 2.32. The highest BCUT2D eigenvalue weighted by atomic mass is 35.5. The van der Waals surface area contributed by atoms with Crippen molar-refractivity contribution in [3.05, 3.63) is 148 Å². The summed E-state index contributed by atoms with van der Waals surface area (Å²) >= 11 is 7.79. The molecule has 2 aliphatic rings. The first kappa shape index (κ1) is 43.2. The summed E-state index contributed by atoms with van der Waals surface area (Å²) in [5.74, 6) is -0.164. The van der Waals surface area contributed by atoms with Gasteiger partial charge in [0.05, 0.1) is 9.82 Å². The van der Waals surface area contributed by atoms with E-state index in [-0.39, 0.29) is 27.9 Å². The summed E-state index contributed by atoms with van der Waals surface area (Å²) in [6.45, 7) is 9.39. The summed E-state index contributed by atoms with van der Waals surface area (Å²) in [6, 6.07) is 37.7. The summed E-state index contributed by atoms with van der Waals surface area (Å²) in [5.41, 5.74) is 4.50. The number of hydrogen-bond donors (Lipinski definition) is 2. The minimum atomic E-state index is -4.44. The van der Waals surface area contributed by atoms with Gasteiger partial charge in [0.2, 0.25) is 0 Å². The number of nitrogens with one attached hydrogen (secondary N) is 2. The number of sulfonamides is 1. The maximum atomic E-state index is 13.5. The molecule has 14 heteroatoms. The lowest BCUT2D eigenvalue weighted by molar-refractivity contribution is -0.384. The van der Waals surface area contributed by atoms with Crippen molar-refractivity contribution in [1.29, 1.82) is 0 Å². The summed E-state index contributed by atoms with van der Waals surface area (Å²) in [7, 11) is -4.44. The van der Waals surface area contributed by atoms with Gasteiger partial charge in [0, 0.05) is 90.4 Å². The third-order valence-electron chi connectivity index (χ3n) is 11.6. The third kappa shape index (κ3) is 10.9. The molecule has 11 nitrogen and oxygen atoms in total. The Labute approximate surface area is 362 Å². The fraction of sp³-hybridized carbons (Fsp3) is 0.326. The van der Waals surface area contributed by atoms with Crippen LogP contribution in [-0.2, 0) is 16.6 Å². The first-order chi connectivity index (χ1) is 28.9. The number of rotatable bonds is 16. The van der Waals surface area contributed by atoms with E-state index in [1.54, 1.807) is 23.9 Å². The van der Waals surface area contributed by atoms with Crippen LogP contribution in [-0.4, -0.2) is 85.7 Å². The Morgan fingerprint density at radius 1 is 0.867 bits per heavy atom. The lowest BCUT2D eigenvalue weighted by Gasteiger charge is -2.36. The second-order valence-electron chi connectivity index (χ2n) is 15.6. The first-order valence-electron chi connectivity index (χ1n) is 20.4. The average Bonchev–Trinajstić information content (AvgIpc) is 3.58. The summed E-state index contributed by atoms with van der Waals surface area (Å²) < 4.78 is 29.1. The Hall–Kier alpha value is -4.92. The number of likely N-dealkylation sites (tertiary alicyclic amines) is 1. The Kier molecular flexibility index (Phi) is 14.1. The molecule has 2 N–H and O–H groups in total. The number of benzene rings is 5. The number of hydrogen-bond acceptors (Lipinski definition) is 10. The molecule has 1 amide bonds. The molecule has 2 heterocycles. The van der Waals surface area contributed by atoms with E-state index in [0.29, 0.717) is 22.9 Å². The molecule has 2 fully saturated rings. The summed E-state index contributed by atoms with van der Waals surface area (Å²) in [6.07, 6.45) is 3.03. The van der Waals surface area contributed by atoms with E-state index in [2.05, 4.69) is 56.8 Å². The molecule has 314 valence electrons. The first-order valence-corrected chi connectivity index (χ1v) is 23.2. The molecular weight excluding hydrogens is 816 g/mol. The van der Waals surface area contributed by atoms with Gasteiger partial charge in [-0.1, -0.05) is 66.2 Å². The number of piperazine rings is 1. The minimum Gasteiger partial charge on any atom is -0.376 e. The second kappa shape index (κ2) is 19.6. The van der Waals surface area contributed by atoms with Crippen LogP contribution in [0, 0.1) is 10.1 Å². The molecule has 7 rings (SSSR count). The SMILES string of the molecule is CC1CCC(C)N1CC[C@H](CSc1ccccc1)Nc1ccc(S(=O)(=O)NC(=O)c2ccc(N3CCN(Cc4ccccc4-c4ccc(Cl)cc4)CC3)cc2)cc1[N+](=O)[O-]. The number of halogens is 1. The molecule has 0 spiro atoms. The van der Waals surface area contributed by atoms with Gasteiger partial charge in [-0.25, -0.2) is 13.1 Å². The van der Waals surface area contributed by atoms with Gasteiger partial charge < -0.3 is 10.2 Å². The Morgan fingerprint density at radius 2 is 1.53 bits per heavy atom. The fourth-order valence-corrected chi connectivity index (χ4v) is 10.2. The van der Waals surface area contributed by atoms with E-state index in [4.69, 9.17) is 11.6 Å². The normalized spacial score (nSPS) is 17.9. The van der Waals surface area contributed by atoms with Crippen molar-refractivity contribution in [1.82, 2.24) is 14.5 Å². The van der Waals surface area contributed by atoms with E-state index in [1.165, 1.54) is 23.3 Å². The summed E-state index contributed by atoms with van der Waals surface area (Å²) in [5, 5.41) is 16.4. The summed E-state index contributed by atoms with van der Waals surface area (Å²) in [4.78, 5) is 32.9. The van der Waals surface area contributed by atoms with Gasteiger partial charge in [0.1, 0.15) is 5.69 Å². The van der Waals surface area contributed by atoms with Gasteiger partial charge in [-0.05, 0) is 110 Å². The molecule has 2 aliphatic heterocycles. The molecule has 2 saturated heterocycles. The van der Waals surface area contributed by atoms with Crippen molar-refractivity contribution >= 4 is 56.4 Å². The molecule has 5 aromatic rings. The molecule has 60 heavy (non-hydrogen) atoms. The lowest BCUT2D eigenvalue weighted by Crippen LogP contribution is -2.46. The molecule has 0 aromatic heterocycles. The number of nitro benzene ring substituents is 1. The quantitative estimate of drug-likeness (QED) is 0.0563. The fourth-order valence-electron chi connectivity index (χ4n) is 8.11. The highest BCUT2D eigenvalue weighted by molar-refractivity contribution is 7.99. The zero-order valence-electron chi connectivity index (χ0n) is 33.9. The molecular formula is C46H51ClN6O5S2.